The predicted molar refractivity (Wildman–Crippen MR) is 110 cm³/mol. The Labute approximate surface area is 183 Å². The van der Waals surface area contributed by atoms with Crippen LogP contribution in [0.4, 0.5) is 9.59 Å². The molecule has 0 spiro atoms. The minimum Gasteiger partial charge on any atom is -0.428 e. The minimum atomic E-state index is -0.457. The van der Waals surface area contributed by atoms with Crippen LogP contribution in [0.15, 0.2) is 0 Å². The summed E-state index contributed by atoms with van der Waals surface area (Å²) in [6.45, 7) is 2.14. The lowest BCUT2D eigenvalue weighted by atomic mass is 10.2. The third-order valence-corrected chi connectivity index (χ3v) is 4.21. The van der Waals surface area contributed by atoms with Crippen molar-refractivity contribution in [3.8, 4) is 18.8 Å². The number of amides is 4. The Balaban J connectivity index is 4.30. The van der Waals surface area contributed by atoms with Gasteiger partial charge in [-0.2, -0.15) is 15.8 Å². The summed E-state index contributed by atoms with van der Waals surface area (Å²) in [5.74, 6) is 0. The molecular weight excluding hydrogens is 404 g/mol. The van der Waals surface area contributed by atoms with Crippen LogP contribution in [0.2, 0.25) is 0 Å². The van der Waals surface area contributed by atoms with Gasteiger partial charge in [0.25, 0.3) is 18.8 Å². The summed E-state index contributed by atoms with van der Waals surface area (Å²) in [4.78, 5) is 26.1. The van der Waals surface area contributed by atoms with Crippen molar-refractivity contribution in [2.24, 2.45) is 0 Å². The van der Waals surface area contributed by atoms with Gasteiger partial charge in [-0.25, -0.2) is 14.5 Å². The molecule has 0 radical (unpaired) electrons. The third kappa shape index (κ3) is 17.2. The van der Waals surface area contributed by atoms with Crippen molar-refractivity contribution in [1.29, 1.82) is 15.8 Å². The maximum atomic E-state index is 12.5. The molecule has 0 unspecified atom stereocenters. The van der Waals surface area contributed by atoms with Gasteiger partial charge in [0.1, 0.15) is 19.8 Å². The maximum Gasteiger partial charge on any atom is 0.325 e. The normalized spacial score (nSPS) is 9.45. The van der Waals surface area contributed by atoms with Crippen LogP contribution in [0.5, 0.6) is 0 Å². The van der Waals surface area contributed by atoms with Crippen LogP contribution in [0.1, 0.15) is 57.8 Å². The zero-order chi connectivity index (χ0) is 23.0. The molecule has 11 heteroatoms. The number of rotatable bonds is 18. The monoisotopic (exact) mass is 436 g/mol. The lowest BCUT2D eigenvalue weighted by Gasteiger charge is -2.22. The number of nitrogens with one attached hydrogen (secondary N) is 2. The first-order chi connectivity index (χ1) is 15.2. The smallest absolute Gasteiger partial charge is 0.325 e. The first-order valence-corrected chi connectivity index (χ1v) is 10.5. The van der Waals surface area contributed by atoms with Crippen LogP contribution in [-0.2, 0) is 14.2 Å². The Hall–Kier alpha value is -3.39. The molecule has 0 aromatic rings. The second-order valence-corrected chi connectivity index (χ2v) is 6.62. The van der Waals surface area contributed by atoms with Crippen LogP contribution in [-0.4, -0.2) is 56.4 Å². The van der Waals surface area contributed by atoms with E-state index in [1.165, 1.54) is 0 Å². The van der Waals surface area contributed by atoms with E-state index in [0.29, 0.717) is 58.6 Å². The van der Waals surface area contributed by atoms with E-state index in [1.807, 2.05) is 0 Å². The van der Waals surface area contributed by atoms with Crippen LogP contribution >= 0.6 is 0 Å². The van der Waals surface area contributed by atoms with Crippen molar-refractivity contribution in [1.82, 2.24) is 15.5 Å². The summed E-state index contributed by atoms with van der Waals surface area (Å²) in [6, 6.07) is -0.914. The molecule has 0 rings (SSSR count). The maximum absolute atomic E-state index is 12.5. The van der Waals surface area contributed by atoms with E-state index in [9.17, 15) is 9.59 Å². The molecular formula is C20H32N6O5. The van der Waals surface area contributed by atoms with Gasteiger partial charge in [-0.05, 0) is 57.8 Å². The molecule has 2 N–H and O–H groups in total. The largest absolute Gasteiger partial charge is 0.428 e. The highest BCUT2D eigenvalue weighted by molar-refractivity contribution is 5.93. The average molecular weight is 437 g/mol. The SMILES string of the molecule is N#COCCCCCNC(=O)N(CCCCCOC#N)C(=O)NCCCCCOC#N. The number of unbranched alkanes of at least 4 members (excludes halogenated alkanes) is 6. The van der Waals surface area contributed by atoms with Gasteiger partial charge >= 0.3 is 12.1 Å². The van der Waals surface area contributed by atoms with Gasteiger partial charge in [0, 0.05) is 19.6 Å². The van der Waals surface area contributed by atoms with Crippen LogP contribution in [0, 0.1) is 34.6 Å². The number of hydrogen-bond donors (Lipinski definition) is 2. The number of nitrogens with zero attached hydrogens (tertiary/aromatic N) is 4. The lowest BCUT2D eigenvalue weighted by Crippen LogP contribution is -2.49. The van der Waals surface area contributed by atoms with Crippen LogP contribution in [0.25, 0.3) is 0 Å². The molecule has 31 heavy (non-hydrogen) atoms. The van der Waals surface area contributed by atoms with Crippen LogP contribution < -0.4 is 10.6 Å². The molecule has 0 heterocycles. The zero-order valence-electron chi connectivity index (χ0n) is 17.9. The lowest BCUT2D eigenvalue weighted by molar-refractivity contribution is 0.183. The molecule has 0 aliphatic heterocycles. The van der Waals surface area contributed by atoms with E-state index in [-0.39, 0.29) is 6.54 Å². The minimum absolute atomic E-state index is 0.260. The van der Waals surface area contributed by atoms with E-state index in [2.05, 4.69) is 24.8 Å². The van der Waals surface area contributed by atoms with Crippen molar-refractivity contribution in [2.75, 3.05) is 39.5 Å². The summed E-state index contributed by atoms with van der Waals surface area (Å²) >= 11 is 0. The number of nitriles is 3. The first-order valence-electron chi connectivity index (χ1n) is 10.5. The van der Waals surface area contributed by atoms with Gasteiger partial charge < -0.3 is 24.8 Å². The Bertz CT molecular complexity index is 571. The fraction of sp³-hybridized carbons (Fsp3) is 0.750. The van der Waals surface area contributed by atoms with E-state index >= 15 is 0 Å². The Morgan fingerprint density at radius 1 is 0.613 bits per heavy atom. The Morgan fingerprint density at radius 2 is 1.00 bits per heavy atom. The number of hydrogen-bond acceptors (Lipinski definition) is 8. The molecule has 0 aliphatic carbocycles. The second kappa shape index (κ2) is 21.3. The number of ether oxygens (including phenoxy) is 3. The molecule has 11 nitrogen and oxygen atoms in total. The molecule has 0 fully saturated rings. The van der Waals surface area contributed by atoms with Crippen LogP contribution in [0.3, 0.4) is 0 Å². The Kier molecular flexibility index (Phi) is 19.0. The van der Waals surface area contributed by atoms with Crippen molar-refractivity contribution in [3.05, 3.63) is 0 Å². The van der Waals surface area contributed by atoms with E-state index in [4.69, 9.17) is 15.8 Å². The second-order valence-electron chi connectivity index (χ2n) is 6.62. The van der Waals surface area contributed by atoms with Gasteiger partial charge in [-0.15, -0.1) is 0 Å². The van der Waals surface area contributed by atoms with E-state index in [1.54, 1.807) is 18.8 Å². The molecule has 0 saturated heterocycles. The van der Waals surface area contributed by atoms with Crippen molar-refractivity contribution < 1.29 is 23.8 Å². The highest BCUT2D eigenvalue weighted by atomic mass is 16.5. The quantitative estimate of drug-likeness (QED) is 0.245. The topological polar surface area (TPSA) is 160 Å². The number of carbonyl (C=O) groups excluding carboxylic acids is 2. The van der Waals surface area contributed by atoms with Gasteiger partial charge in [-0.3, -0.25) is 0 Å². The molecule has 0 aromatic carbocycles. The van der Waals surface area contributed by atoms with Gasteiger partial charge in [0.15, 0.2) is 0 Å². The molecule has 0 bridgehead atoms. The van der Waals surface area contributed by atoms with Gasteiger partial charge in [0.2, 0.25) is 0 Å². The van der Waals surface area contributed by atoms with Gasteiger partial charge in [-0.1, -0.05) is 0 Å². The predicted octanol–water partition coefficient (Wildman–Crippen LogP) is 2.71. The fourth-order valence-corrected chi connectivity index (χ4v) is 2.59. The fourth-order valence-electron chi connectivity index (χ4n) is 2.59. The molecule has 0 aromatic heterocycles. The summed E-state index contributed by atoms with van der Waals surface area (Å²) in [5, 5.41) is 30.4. The van der Waals surface area contributed by atoms with Crippen molar-refractivity contribution in [3.63, 3.8) is 0 Å². The first kappa shape index (κ1) is 27.6. The summed E-state index contributed by atoms with van der Waals surface area (Å²) < 4.78 is 13.8. The third-order valence-electron chi connectivity index (χ3n) is 4.21. The van der Waals surface area contributed by atoms with Crippen molar-refractivity contribution in [2.45, 2.75) is 57.8 Å². The van der Waals surface area contributed by atoms with Crippen molar-refractivity contribution >= 4 is 12.1 Å². The molecule has 0 aliphatic rings. The number of urea groups is 2. The summed E-state index contributed by atoms with van der Waals surface area (Å²) in [7, 11) is 0. The number of imide groups is 1. The molecule has 172 valence electrons. The van der Waals surface area contributed by atoms with Gasteiger partial charge in [0.05, 0.1) is 0 Å². The average Bonchev–Trinajstić information content (AvgIpc) is 2.77. The highest BCUT2D eigenvalue weighted by Gasteiger charge is 2.20. The highest BCUT2D eigenvalue weighted by Crippen LogP contribution is 2.03. The molecule has 0 saturated carbocycles. The molecule has 4 amide bonds. The summed E-state index contributed by atoms with van der Waals surface area (Å²) in [5.41, 5.74) is 0. The summed E-state index contributed by atoms with van der Waals surface area (Å²) in [6.07, 6.45) is 11.3. The Morgan fingerprint density at radius 3 is 1.39 bits per heavy atom. The standard InChI is InChI=1S/C20H32N6O5/c21-16-29-13-7-1-4-10-24-19(27)26(12-6-3-9-15-31-18-23)20(28)25-11-5-2-8-14-30-17-22/h1-15H2,(H,24,27)(H,25,28). The zero-order valence-corrected chi connectivity index (χ0v) is 17.9. The van der Waals surface area contributed by atoms with E-state index in [0.717, 1.165) is 37.0 Å². The number of carbonyl (C=O) groups is 2. The van der Waals surface area contributed by atoms with E-state index < -0.39 is 12.1 Å². The molecule has 0 atom stereocenters.